The molecule has 3 rings (SSSR count). The van der Waals surface area contributed by atoms with E-state index in [1.807, 2.05) is 42.5 Å². The first-order chi connectivity index (χ1) is 12.2. The Hall–Kier alpha value is -2.86. The number of oxazole rings is 1. The van der Waals surface area contributed by atoms with Gasteiger partial charge >= 0.3 is 0 Å². The molecule has 6 heteroatoms. The van der Waals surface area contributed by atoms with Crippen LogP contribution in [0, 0.1) is 6.92 Å². The van der Waals surface area contributed by atoms with Crippen LogP contribution >= 0.6 is 0 Å². The SMILES string of the molecule is COCCOc1ccc(CC(=O)Nc2cccc3oc(C)nc23)cc1. The number of nitrogens with one attached hydrogen (secondary N) is 1. The van der Waals surface area contributed by atoms with E-state index in [0.717, 1.165) is 11.3 Å². The number of nitrogens with zero attached hydrogens (tertiary/aromatic N) is 1. The van der Waals surface area contributed by atoms with E-state index >= 15 is 0 Å². The molecule has 3 aromatic rings. The summed E-state index contributed by atoms with van der Waals surface area (Å²) in [5.41, 5.74) is 2.88. The van der Waals surface area contributed by atoms with Crippen LogP contribution in [0.2, 0.25) is 0 Å². The number of aromatic nitrogens is 1. The molecule has 0 fully saturated rings. The average molecular weight is 340 g/mol. The second-order valence-corrected chi connectivity index (χ2v) is 5.60. The van der Waals surface area contributed by atoms with Gasteiger partial charge in [-0.3, -0.25) is 4.79 Å². The summed E-state index contributed by atoms with van der Waals surface area (Å²) in [5, 5.41) is 2.89. The van der Waals surface area contributed by atoms with E-state index < -0.39 is 0 Å². The van der Waals surface area contributed by atoms with Gasteiger partial charge in [-0.15, -0.1) is 0 Å². The Bertz CT molecular complexity index is 855. The van der Waals surface area contributed by atoms with Crippen molar-refractivity contribution in [2.75, 3.05) is 25.6 Å². The molecular weight excluding hydrogens is 320 g/mol. The molecule has 0 saturated carbocycles. The number of hydrogen-bond acceptors (Lipinski definition) is 5. The van der Waals surface area contributed by atoms with Gasteiger partial charge < -0.3 is 19.2 Å². The van der Waals surface area contributed by atoms with Crippen molar-refractivity contribution >= 4 is 22.7 Å². The van der Waals surface area contributed by atoms with Gasteiger partial charge in [-0.1, -0.05) is 18.2 Å². The van der Waals surface area contributed by atoms with E-state index in [1.54, 1.807) is 14.0 Å². The van der Waals surface area contributed by atoms with Gasteiger partial charge in [0.15, 0.2) is 11.5 Å². The maximum absolute atomic E-state index is 12.3. The molecule has 1 N–H and O–H groups in total. The molecule has 0 bridgehead atoms. The highest BCUT2D eigenvalue weighted by Gasteiger charge is 2.10. The van der Waals surface area contributed by atoms with Crippen molar-refractivity contribution in [3.05, 3.63) is 53.9 Å². The maximum atomic E-state index is 12.3. The van der Waals surface area contributed by atoms with Crippen molar-refractivity contribution in [3.8, 4) is 5.75 Å². The predicted molar refractivity (Wildman–Crippen MR) is 94.9 cm³/mol. The highest BCUT2D eigenvalue weighted by molar-refractivity contribution is 5.99. The standard InChI is InChI=1S/C19H20N2O4/c1-13-20-19-16(4-3-5-17(19)25-13)21-18(22)12-14-6-8-15(9-7-14)24-11-10-23-2/h3-9H,10-12H2,1-2H3,(H,21,22). The molecule has 1 amide bonds. The van der Waals surface area contributed by atoms with Crippen molar-refractivity contribution in [3.63, 3.8) is 0 Å². The zero-order valence-corrected chi connectivity index (χ0v) is 14.2. The summed E-state index contributed by atoms with van der Waals surface area (Å²) in [6.45, 7) is 2.82. The molecule has 0 unspecified atom stereocenters. The molecule has 0 spiro atoms. The van der Waals surface area contributed by atoms with Gasteiger partial charge in [0.2, 0.25) is 5.91 Å². The molecule has 6 nitrogen and oxygen atoms in total. The van der Waals surface area contributed by atoms with Gasteiger partial charge in [0.05, 0.1) is 18.7 Å². The highest BCUT2D eigenvalue weighted by atomic mass is 16.5. The van der Waals surface area contributed by atoms with Crippen LogP contribution < -0.4 is 10.1 Å². The van der Waals surface area contributed by atoms with Gasteiger partial charge in [-0.05, 0) is 29.8 Å². The number of ether oxygens (including phenoxy) is 2. The van der Waals surface area contributed by atoms with Gasteiger partial charge in [-0.2, -0.15) is 0 Å². The van der Waals surface area contributed by atoms with Crippen LogP contribution in [0.1, 0.15) is 11.5 Å². The van der Waals surface area contributed by atoms with E-state index in [-0.39, 0.29) is 12.3 Å². The summed E-state index contributed by atoms with van der Waals surface area (Å²) in [6.07, 6.45) is 0.269. The summed E-state index contributed by atoms with van der Waals surface area (Å²) in [7, 11) is 1.63. The van der Waals surface area contributed by atoms with E-state index in [0.29, 0.717) is 35.9 Å². The second kappa shape index (κ2) is 7.81. The number of benzene rings is 2. The number of anilines is 1. The summed E-state index contributed by atoms with van der Waals surface area (Å²) < 4.78 is 15.9. The van der Waals surface area contributed by atoms with Gasteiger partial charge in [0.1, 0.15) is 17.9 Å². The Labute approximate surface area is 145 Å². The molecule has 25 heavy (non-hydrogen) atoms. The minimum Gasteiger partial charge on any atom is -0.491 e. The number of amides is 1. The fourth-order valence-electron chi connectivity index (χ4n) is 2.49. The molecule has 0 aliphatic rings. The van der Waals surface area contributed by atoms with Crippen molar-refractivity contribution < 1.29 is 18.7 Å². The summed E-state index contributed by atoms with van der Waals surface area (Å²) in [5.74, 6) is 1.21. The molecule has 1 heterocycles. The molecule has 1 aromatic heterocycles. The number of carbonyl (C=O) groups is 1. The van der Waals surface area contributed by atoms with Gasteiger partial charge in [-0.25, -0.2) is 4.98 Å². The average Bonchev–Trinajstić information content (AvgIpc) is 2.98. The summed E-state index contributed by atoms with van der Waals surface area (Å²) in [6, 6.07) is 12.9. The normalized spacial score (nSPS) is 10.8. The third-order valence-corrected chi connectivity index (χ3v) is 3.64. The molecule has 0 atom stereocenters. The topological polar surface area (TPSA) is 73.6 Å². The highest BCUT2D eigenvalue weighted by Crippen LogP contribution is 2.23. The van der Waals surface area contributed by atoms with Crippen LogP contribution in [-0.2, 0) is 16.0 Å². The zero-order valence-electron chi connectivity index (χ0n) is 14.2. The quantitative estimate of drug-likeness (QED) is 0.668. The Balaban J connectivity index is 1.62. The van der Waals surface area contributed by atoms with Crippen LogP contribution in [0.4, 0.5) is 5.69 Å². The van der Waals surface area contributed by atoms with Crippen molar-refractivity contribution in [2.24, 2.45) is 0 Å². The molecule has 0 aliphatic carbocycles. The number of carbonyl (C=O) groups excluding carboxylic acids is 1. The van der Waals surface area contributed by atoms with Crippen LogP contribution in [0.15, 0.2) is 46.9 Å². The van der Waals surface area contributed by atoms with Crippen molar-refractivity contribution in [1.82, 2.24) is 4.98 Å². The number of aryl methyl sites for hydroxylation is 1. The second-order valence-electron chi connectivity index (χ2n) is 5.60. The Kier molecular flexibility index (Phi) is 5.30. The number of methoxy groups -OCH3 is 1. The molecule has 0 aliphatic heterocycles. The first-order valence-electron chi connectivity index (χ1n) is 8.02. The fraction of sp³-hybridized carbons (Fsp3) is 0.263. The molecule has 0 radical (unpaired) electrons. The van der Waals surface area contributed by atoms with Crippen LogP contribution in [0.5, 0.6) is 5.75 Å². The monoisotopic (exact) mass is 340 g/mol. The lowest BCUT2D eigenvalue weighted by molar-refractivity contribution is -0.115. The van der Waals surface area contributed by atoms with Gasteiger partial charge in [0.25, 0.3) is 0 Å². The Morgan fingerprint density at radius 2 is 1.96 bits per heavy atom. The van der Waals surface area contributed by atoms with Crippen LogP contribution in [0.25, 0.3) is 11.1 Å². The third-order valence-electron chi connectivity index (χ3n) is 3.64. The maximum Gasteiger partial charge on any atom is 0.228 e. The first kappa shape index (κ1) is 17.0. The molecule has 2 aromatic carbocycles. The summed E-state index contributed by atoms with van der Waals surface area (Å²) >= 11 is 0. The zero-order chi connectivity index (χ0) is 17.6. The van der Waals surface area contributed by atoms with E-state index in [4.69, 9.17) is 13.9 Å². The minimum absolute atomic E-state index is 0.110. The first-order valence-corrected chi connectivity index (χ1v) is 8.02. The van der Waals surface area contributed by atoms with E-state index in [1.165, 1.54) is 0 Å². The number of para-hydroxylation sites is 1. The lowest BCUT2D eigenvalue weighted by Crippen LogP contribution is -2.14. The van der Waals surface area contributed by atoms with Gasteiger partial charge in [0, 0.05) is 14.0 Å². The van der Waals surface area contributed by atoms with Crippen molar-refractivity contribution in [1.29, 1.82) is 0 Å². The van der Waals surface area contributed by atoms with Crippen LogP contribution in [-0.4, -0.2) is 31.2 Å². The van der Waals surface area contributed by atoms with E-state index in [2.05, 4.69) is 10.3 Å². The Morgan fingerprint density at radius 3 is 2.72 bits per heavy atom. The smallest absolute Gasteiger partial charge is 0.228 e. The predicted octanol–water partition coefficient (Wildman–Crippen LogP) is 3.34. The lowest BCUT2D eigenvalue weighted by atomic mass is 10.1. The summed E-state index contributed by atoms with van der Waals surface area (Å²) in [4.78, 5) is 16.6. The number of hydrogen-bond donors (Lipinski definition) is 1. The fourth-order valence-corrected chi connectivity index (χ4v) is 2.49. The largest absolute Gasteiger partial charge is 0.491 e. The molecule has 130 valence electrons. The number of fused-ring (bicyclic) bond motifs is 1. The lowest BCUT2D eigenvalue weighted by Gasteiger charge is -2.08. The minimum atomic E-state index is -0.110. The Morgan fingerprint density at radius 1 is 1.16 bits per heavy atom. The number of rotatable bonds is 7. The molecular formula is C19H20N2O4. The van der Waals surface area contributed by atoms with Crippen molar-refractivity contribution in [2.45, 2.75) is 13.3 Å². The third kappa shape index (κ3) is 4.36. The van der Waals surface area contributed by atoms with Crippen LogP contribution in [0.3, 0.4) is 0 Å². The van der Waals surface area contributed by atoms with E-state index in [9.17, 15) is 4.79 Å². The molecule has 0 saturated heterocycles.